The summed E-state index contributed by atoms with van der Waals surface area (Å²) in [6.07, 6.45) is 5.28. The van der Waals surface area contributed by atoms with Crippen molar-refractivity contribution in [2.75, 3.05) is 26.7 Å². The van der Waals surface area contributed by atoms with Gasteiger partial charge in [-0.05, 0) is 45.6 Å². The number of hydrogen-bond donors (Lipinski definition) is 1. The van der Waals surface area contributed by atoms with Gasteiger partial charge in [-0.25, -0.2) is 0 Å². The molecule has 3 aliphatic rings. The van der Waals surface area contributed by atoms with E-state index in [-0.39, 0.29) is 11.9 Å². The number of aromatic nitrogens is 2. The van der Waals surface area contributed by atoms with Gasteiger partial charge in [0.05, 0.1) is 0 Å². The average molecular weight is 320 g/mol. The molecular weight excluding hydrogens is 296 g/mol. The van der Waals surface area contributed by atoms with Gasteiger partial charge in [0.15, 0.2) is 5.82 Å². The van der Waals surface area contributed by atoms with E-state index in [1.54, 1.807) is 4.90 Å². The summed E-state index contributed by atoms with van der Waals surface area (Å²) in [7, 11) is 2.01. The maximum absolute atomic E-state index is 12.7. The molecule has 0 bridgehead atoms. The number of rotatable bonds is 3. The molecule has 23 heavy (non-hydrogen) atoms. The van der Waals surface area contributed by atoms with Crippen molar-refractivity contribution in [2.45, 2.75) is 56.1 Å². The third-order valence-corrected chi connectivity index (χ3v) is 5.45. The van der Waals surface area contributed by atoms with Crippen LogP contribution in [-0.2, 0) is 4.79 Å². The van der Waals surface area contributed by atoms with E-state index in [0.29, 0.717) is 37.7 Å². The summed E-state index contributed by atoms with van der Waals surface area (Å²) in [4.78, 5) is 21.2. The summed E-state index contributed by atoms with van der Waals surface area (Å²) in [6, 6.07) is -0.0855. The Hall–Kier alpha value is -1.47. The third-order valence-electron chi connectivity index (χ3n) is 5.45. The van der Waals surface area contributed by atoms with E-state index < -0.39 is 5.60 Å². The van der Waals surface area contributed by atoms with Crippen LogP contribution in [0.3, 0.4) is 0 Å². The van der Waals surface area contributed by atoms with Gasteiger partial charge < -0.3 is 14.5 Å². The highest BCUT2D eigenvalue weighted by Gasteiger charge is 2.44. The first-order chi connectivity index (χ1) is 11.1. The Balaban J connectivity index is 1.49. The third kappa shape index (κ3) is 2.76. The first-order valence-corrected chi connectivity index (χ1v) is 8.62. The predicted octanol–water partition coefficient (Wildman–Crippen LogP) is 1.07. The van der Waals surface area contributed by atoms with E-state index in [1.165, 1.54) is 0 Å². The largest absolute Gasteiger partial charge is 0.380 e. The monoisotopic (exact) mass is 320 g/mol. The molecule has 1 amide bonds. The fourth-order valence-electron chi connectivity index (χ4n) is 3.68. The lowest BCUT2D eigenvalue weighted by molar-refractivity contribution is -0.153. The van der Waals surface area contributed by atoms with Crippen LogP contribution in [0.1, 0.15) is 62.2 Å². The fraction of sp³-hybridized carbons (Fsp3) is 0.812. The molecule has 1 aromatic heterocycles. The number of carbonyl (C=O) groups excluding carboxylic acids is 1. The van der Waals surface area contributed by atoms with Crippen LogP contribution in [0, 0.1) is 0 Å². The highest BCUT2D eigenvalue weighted by molar-refractivity contribution is 5.85. The molecule has 0 radical (unpaired) electrons. The van der Waals surface area contributed by atoms with E-state index >= 15 is 0 Å². The minimum atomic E-state index is -1.16. The topological polar surface area (TPSA) is 82.7 Å². The zero-order valence-corrected chi connectivity index (χ0v) is 13.6. The summed E-state index contributed by atoms with van der Waals surface area (Å²) >= 11 is 0. The van der Waals surface area contributed by atoms with E-state index in [9.17, 15) is 9.90 Å². The summed E-state index contributed by atoms with van der Waals surface area (Å²) in [5.41, 5.74) is -1.16. The number of likely N-dealkylation sites (N-methyl/N-ethyl adjacent to an activating group) is 1. The van der Waals surface area contributed by atoms with Gasteiger partial charge in [-0.2, -0.15) is 4.98 Å². The van der Waals surface area contributed by atoms with E-state index in [0.717, 1.165) is 38.1 Å². The lowest BCUT2D eigenvalue weighted by Crippen LogP contribution is -2.55. The average Bonchev–Trinajstić information content (AvgIpc) is 3.11. The molecule has 0 spiro atoms. The molecule has 1 N–H and O–H groups in total. The van der Waals surface area contributed by atoms with Crippen LogP contribution in [0.25, 0.3) is 0 Å². The normalized spacial score (nSPS) is 28.3. The zero-order chi connectivity index (χ0) is 16.0. The molecule has 2 heterocycles. The number of aliphatic hydroxyl groups is 1. The molecule has 3 fully saturated rings. The van der Waals surface area contributed by atoms with Crippen LogP contribution >= 0.6 is 0 Å². The molecule has 2 aliphatic carbocycles. The van der Waals surface area contributed by atoms with E-state index in [2.05, 4.69) is 15.0 Å². The molecule has 7 heteroatoms. The van der Waals surface area contributed by atoms with Crippen molar-refractivity contribution in [3.63, 3.8) is 0 Å². The van der Waals surface area contributed by atoms with Gasteiger partial charge in [0.1, 0.15) is 11.6 Å². The van der Waals surface area contributed by atoms with Crippen LogP contribution in [0.2, 0.25) is 0 Å². The zero-order valence-electron chi connectivity index (χ0n) is 13.6. The number of piperazine rings is 1. The van der Waals surface area contributed by atoms with Gasteiger partial charge in [-0.1, -0.05) is 5.16 Å². The van der Waals surface area contributed by atoms with Crippen molar-refractivity contribution in [1.82, 2.24) is 19.9 Å². The van der Waals surface area contributed by atoms with Crippen molar-refractivity contribution < 1.29 is 14.4 Å². The van der Waals surface area contributed by atoms with Crippen molar-refractivity contribution in [3.05, 3.63) is 11.7 Å². The standard InChI is InChI=1S/C16H24N4O3/c1-19-8-9-20(15(21)16(22)6-2-3-7-16)10-12(19)14-17-13(18-23-14)11-4-5-11/h11-12,22H,2-10H2,1H3/t12-/m0/s1. The first-order valence-electron chi connectivity index (χ1n) is 8.62. The van der Waals surface area contributed by atoms with Gasteiger partial charge in [0.2, 0.25) is 5.89 Å². The molecule has 1 aromatic rings. The molecule has 1 saturated heterocycles. The SMILES string of the molecule is CN1CCN(C(=O)C2(O)CCCC2)C[C@H]1c1nc(C2CC2)no1. The smallest absolute Gasteiger partial charge is 0.254 e. The maximum atomic E-state index is 12.7. The minimum Gasteiger partial charge on any atom is -0.380 e. The number of carbonyl (C=O) groups is 1. The summed E-state index contributed by atoms with van der Waals surface area (Å²) in [5.74, 6) is 1.71. The van der Waals surface area contributed by atoms with E-state index in [1.807, 2.05) is 7.05 Å². The van der Waals surface area contributed by atoms with Crippen LogP contribution < -0.4 is 0 Å². The minimum absolute atomic E-state index is 0.0855. The molecule has 2 saturated carbocycles. The maximum Gasteiger partial charge on any atom is 0.254 e. The molecule has 7 nitrogen and oxygen atoms in total. The molecular formula is C16H24N4O3. The Labute approximate surface area is 135 Å². The highest BCUT2D eigenvalue weighted by Crippen LogP contribution is 2.39. The highest BCUT2D eigenvalue weighted by atomic mass is 16.5. The van der Waals surface area contributed by atoms with Gasteiger partial charge in [-0.3, -0.25) is 9.69 Å². The fourth-order valence-corrected chi connectivity index (χ4v) is 3.68. The van der Waals surface area contributed by atoms with Crippen LogP contribution in [0.4, 0.5) is 0 Å². The Morgan fingerprint density at radius 3 is 2.74 bits per heavy atom. The molecule has 1 atom stereocenters. The first kappa shape index (κ1) is 15.1. The lowest BCUT2D eigenvalue weighted by atomic mass is 9.99. The van der Waals surface area contributed by atoms with Crippen molar-refractivity contribution in [1.29, 1.82) is 0 Å². The van der Waals surface area contributed by atoms with Gasteiger partial charge in [0.25, 0.3) is 5.91 Å². The van der Waals surface area contributed by atoms with Crippen LogP contribution in [-0.4, -0.2) is 63.2 Å². The summed E-state index contributed by atoms with van der Waals surface area (Å²) in [6.45, 7) is 1.88. The Bertz CT molecular complexity index is 592. The van der Waals surface area contributed by atoms with Gasteiger partial charge >= 0.3 is 0 Å². The van der Waals surface area contributed by atoms with Crippen molar-refractivity contribution >= 4 is 5.91 Å². The Kier molecular flexibility index (Phi) is 3.65. The lowest BCUT2D eigenvalue weighted by Gasteiger charge is -2.40. The van der Waals surface area contributed by atoms with E-state index in [4.69, 9.17) is 4.52 Å². The number of amides is 1. The molecule has 0 unspecified atom stereocenters. The second-order valence-electron chi connectivity index (χ2n) is 7.25. The van der Waals surface area contributed by atoms with Crippen LogP contribution in [0.15, 0.2) is 4.52 Å². The second-order valence-corrected chi connectivity index (χ2v) is 7.25. The number of hydrogen-bond acceptors (Lipinski definition) is 6. The van der Waals surface area contributed by atoms with Gasteiger partial charge in [-0.15, -0.1) is 0 Å². The Morgan fingerprint density at radius 2 is 2.04 bits per heavy atom. The summed E-state index contributed by atoms with van der Waals surface area (Å²) < 4.78 is 5.45. The Morgan fingerprint density at radius 1 is 1.30 bits per heavy atom. The van der Waals surface area contributed by atoms with Gasteiger partial charge in [0, 0.05) is 25.6 Å². The quantitative estimate of drug-likeness (QED) is 0.897. The molecule has 0 aromatic carbocycles. The van der Waals surface area contributed by atoms with Crippen molar-refractivity contribution in [3.8, 4) is 0 Å². The predicted molar refractivity (Wildman–Crippen MR) is 81.6 cm³/mol. The second kappa shape index (κ2) is 5.56. The van der Waals surface area contributed by atoms with Crippen LogP contribution in [0.5, 0.6) is 0 Å². The molecule has 1 aliphatic heterocycles. The molecule has 126 valence electrons. The molecule has 4 rings (SSSR count). The van der Waals surface area contributed by atoms with Crippen molar-refractivity contribution in [2.24, 2.45) is 0 Å². The number of nitrogens with zero attached hydrogens (tertiary/aromatic N) is 4. The summed E-state index contributed by atoms with van der Waals surface area (Å²) in [5, 5.41) is 14.6.